The number of amides is 4. The second-order valence-corrected chi connectivity index (χ2v) is 12.8. The average molecular weight is 620 g/mol. The van der Waals surface area contributed by atoms with Crippen LogP contribution in [0, 0.1) is 30.6 Å². The number of nitrogens with one attached hydrogen (secondary N) is 1. The van der Waals surface area contributed by atoms with Crippen LogP contribution in [0.1, 0.15) is 48.8 Å². The first-order chi connectivity index (χ1) is 22.2. The van der Waals surface area contributed by atoms with Crippen molar-refractivity contribution in [3.05, 3.63) is 101 Å². The lowest BCUT2D eigenvalue weighted by Gasteiger charge is -2.50. The standard InChI is InChI=1S/C37H37N3O6/c1-4-18-39-33(42)26-16-15-25-27(31(26)35(39)44)20-29-34(43)40(38-23-12-10-21(2)11-13-23)36(45)37(29,22-8-6-5-7-9-22)32(25)28-19-24(46-3)14-17-30(28)41/h5-15,17,19,26-27,29,31-32,38,41H,4,16,18,20H2,1-3H3/t26-,27+,29-,31-,32+,37+/m0/s1. The zero-order valence-corrected chi connectivity index (χ0v) is 26.1. The van der Waals surface area contributed by atoms with E-state index < -0.39 is 46.8 Å². The average Bonchev–Trinajstić information content (AvgIpc) is 3.44. The second-order valence-electron chi connectivity index (χ2n) is 12.8. The molecule has 2 heterocycles. The van der Waals surface area contributed by atoms with Crippen LogP contribution in [0.25, 0.3) is 0 Å². The summed E-state index contributed by atoms with van der Waals surface area (Å²) in [7, 11) is 1.53. The first kappa shape index (κ1) is 29.8. The summed E-state index contributed by atoms with van der Waals surface area (Å²) in [6.07, 6.45) is 3.18. The van der Waals surface area contributed by atoms with Crippen LogP contribution in [0.15, 0.2) is 84.4 Å². The van der Waals surface area contributed by atoms with Gasteiger partial charge in [-0.2, -0.15) is 5.01 Å². The highest BCUT2D eigenvalue weighted by Gasteiger charge is 2.70. The van der Waals surface area contributed by atoms with E-state index in [-0.39, 0.29) is 24.0 Å². The molecule has 0 aromatic heterocycles. The Labute approximate surface area is 267 Å². The Hall–Kier alpha value is -4.92. The van der Waals surface area contributed by atoms with Gasteiger partial charge in [0.1, 0.15) is 11.5 Å². The lowest BCUT2D eigenvalue weighted by atomic mass is 9.49. The number of aryl methyl sites for hydroxylation is 1. The van der Waals surface area contributed by atoms with Gasteiger partial charge in [-0.25, -0.2) is 0 Å². The van der Waals surface area contributed by atoms with Gasteiger partial charge in [0.05, 0.1) is 36.0 Å². The number of phenols is 1. The number of likely N-dealkylation sites (tertiary alicyclic amines) is 1. The van der Waals surface area contributed by atoms with Gasteiger partial charge in [0.2, 0.25) is 11.8 Å². The molecule has 4 aliphatic rings. The van der Waals surface area contributed by atoms with E-state index in [9.17, 15) is 19.5 Å². The van der Waals surface area contributed by atoms with Gasteiger partial charge in [-0.15, -0.1) is 0 Å². The van der Waals surface area contributed by atoms with Crippen molar-refractivity contribution in [2.75, 3.05) is 19.1 Å². The lowest BCUT2D eigenvalue weighted by molar-refractivity contribution is -0.141. The summed E-state index contributed by atoms with van der Waals surface area (Å²) in [5.41, 5.74) is 5.12. The van der Waals surface area contributed by atoms with Crippen molar-refractivity contribution < 1.29 is 29.0 Å². The van der Waals surface area contributed by atoms with E-state index in [1.54, 1.807) is 12.1 Å². The fourth-order valence-corrected chi connectivity index (χ4v) is 8.49. The van der Waals surface area contributed by atoms with E-state index in [1.165, 1.54) is 18.1 Å². The first-order valence-corrected chi connectivity index (χ1v) is 15.9. The van der Waals surface area contributed by atoms with Crippen LogP contribution in [0.2, 0.25) is 0 Å². The Bertz CT molecular complexity index is 1770. The Morgan fingerprint density at radius 1 is 0.935 bits per heavy atom. The fourth-order valence-electron chi connectivity index (χ4n) is 8.49. The molecular formula is C37H37N3O6. The van der Waals surface area contributed by atoms with Crippen molar-refractivity contribution in [1.82, 2.24) is 9.91 Å². The van der Waals surface area contributed by atoms with Crippen molar-refractivity contribution in [2.24, 2.45) is 23.7 Å². The van der Waals surface area contributed by atoms with Gasteiger partial charge in [0.25, 0.3) is 11.8 Å². The van der Waals surface area contributed by atoms with E-state index >= 15 is 4.79 Å². The zero-order valence-electron chi connectivity index (χ0n) is 26.1. The number of ether oxygens (including phenoxy) is 1. The normalized spacial score (nSPS) is 28.5. The highest BCUT2D eigenvalue weighted by Crippen LogP contribution is 2.65. The van der Waals surface area contributed by atoms with E-state index in [1.807, 2.05) is 74.5 Å². The molecule has 1 saturated carbocycles. The van der Waals surface area contributed by atoms with E-state index in [4.69, 9.17) is 4.74 Å². The molecule has 0 bridgehead atoms. The maximum Gasteiger partial charge on any atom is 0.260 e. The number of fused-ring (bicyclic) bond motifs is 4. The third kappa shape index (κ3) is 4.21. The Balaban J connectivity index is 1.46. The summed E-state index contributed by atoms with van der Waals surface area (Å²) in [6.45, 7) is 4.23. The number of aromatic hydroxyl groups is 1. The highest BCUT2D eigenvalue weighted by atomic mass is 16.5. The SMILES string of the molecule is CCCN1C(=O)[C@H]2[C@H](CC=C3[C@H]2C[C@H]2C(=O)N(Nc4ccc(C)cc4)C(=O)[C@@]2(c2ccccc2)[C@H]3c2cc(OC)ccc2O)C1=O. The topological polar surface area (TPSA) is 116 Å². The monoisotopic (exact) mass is 619 g/mol. The summed E-state index contributed by atoms with van der Waals surface area (Å²) >= 11 is 0. The van der Waals surface area contributed by atoms with Gasteiger partial charge in [0.15, 0.2) is 0 Å². The molecule has 9 heteroatoms. The number of anilines is 1. The number of phenolic OH excluding ortho intramolecular Hbond substituents is 1. The van der Waals surface area contributed by atoms with E-state index in [2.05, 4.69) is 5.43 Å². The molecule has 2 aliphatic heterocycles. The predicted octanol–water partition coefficient (Wildman–Crippen LogP) is 5.10. The number of allylic oxidation sites excluding steroid dienone is 2. The molecule has 6 atom stereocenters. The lowest BCUT2D eigenvalue weighted by Crippen LogP contribution is -2.53. The minimum Gasteiger partial charge on any atom is -0.508 e. The highest BCUT2D eigenvalue weighted by molar-refractivity contribution is 6.13. The molecule has 2 saturated heterocycles. The van der Waals surface area contributed by atoms with Crippen molar-refractivity contribution in [1.29, 1.82) is 0 Å². The summed E-state index contributed by atoms with van der Waals surface area (Å²) in [5.74, 6) is -4.18. The van der Waals surface area contributed by atoms with Gasteiger partial charge in [0, 0.05) is 18.0 Å². The maximum absolute atomic E-state index is 15.1. The Morgan fingerprint density at radius 3 is 2.37 bits per heavy atom. The molecule has 46 heavy (non-hydrogen) atoms. The quantitative estimate of drug-likeness (QED) is 0.279. The molecule has 2 N–H and O–H groups in total. The maximum atomic E-state index is 15.1. The number of hydrogen-bond acceptors (Lipinski definition) is 7. The Kier molecular flexibility index (Phi) is 7.22. The minimum atomic E-state index is -1.45. The van der Waals surface area contributed by atoms with Gasteiger partial charge >= 0.3 is 0 Å². The van der Waals surface area contributed by atoms with Crippen molar-refractivity contribution in [3.63, 3.8) is 0 Å². The molecule has 0 unspecified atom stereocenters. The molecule has 2 aliphatic carbocycles. The number of hydrazine groups is 1. The molecule has 7 rings (SSSR count). The van der Waals surface area contributed by atoms with Crippen molar-refractivity contribution in [3.8, 4) is 11.5 Å². The predicted molar refractivity (Wildman–Crippen MR) is 170 cm³/mol. The van der Waals surface area contributed by atoms with E-state index in [0.29, 0.717) is 42.0 Å². The van der Waals surface area contributed by atoms with Crippen molar-refractivity contribution in [2.45, 2.75) is 44.4 Å². The molecule has 9 nitrogen and oxygen atoms in total. The van der Waals surface area contributed by atoms with Gasteiger partial charge in [-0.1, -0.05) is 66.6 Å². The van der Waals surface area contributed by atoms with Crippen LogP contribution in [-0.4, -0.2) is 52.3 Å². The van der Waals surface area contributed by atoms with Crippen molar-refractivity contribution >= 4 is 29.3 Å². The summed E-state index contributed by atoms with van der Waals surface area (Å²) in [6, 6.07) is 21.6. The summed E-state index contributed by atoms with van der Waals surface area (Å²) in [5, 5.41) is 12.6. The first-order valence-electron chi connectivity index (χ1n) is 15.9. The smallest absolute Gasteiger partial charge is 0.260 e. The van der Waals surface area contributed by atoms with Crippen LogP contribution in [0.4, 0.5) is 5.69 Å². The molecule has 4 amide bonds. The minimum absolute atomic E-state index is 0.0462. The number of benzene rings is 3. The number of hydrogen-bond donors (Lipinski definition) is 2. The largest absolute Gasteiger partial charge is 0.508 e. The number of carbonyl (C=O) groups is 4. The Morgan fingerprint density at radius 2 is 1.67 bits per heavy atom. The third-order valence-corrected chi connectivity index (χ3v) is 10.5. The third-order valence-electron chi connectivity index (χ3n) is 10.5. The van der Waals surface area contributed by atoms with E-state index in [0.717, 1.165) is 16.1 Å². The molecule has 236 valence electrons. The number of methoxy groups -OCH3 is 1. The number of carbonyl (C=O) groups excluding carboxylic acids is 4. The fraction of sp³-hybridized carbons (Fsp3) is 0.351. The summed E-state index contributed by atoms with van der Waals surface area (Å²) < 4.78 is 5.58. The van der Waals surface area contributed by atoms with Crippen LogP contribution in [-0.2, 0) is 24.6 Å². The number of nitrogens with zero attached hydrogens (tertiary/aromatic N) is 2. The van der Waals surface area contributed by atoms with Crippen LogP contribution in [0.5, 0.6) is 11.5 Å². The van der Waals surface area contributed by atoms with Crippen LogP contribution in [0.3, 0.4) is 0 Å². The zero-order chi connectivity index (χ0) is 32.3. The molecule has 3 aromatic rings. The second kappa shape index (κ2) is 11.2. The molecule has 3 fully saturated rings. The number of imide groups is 2. The molecule has 3 aromatic carbocycles. The summed E-state index contributed by atoms with van der Waals surface area (Å²) in [4.78, 5) is 58.6. The number of rotatable bonds is 7. The van der Waals surface area contributed by atoms with Gasteiger partial charge < -0.3 is 9.84 Å². The van der Waals surface area contributed by atoms with Crippen LogP contribution < -0.4 is 10.2 Å². The molecule has 0 radical (unpaired) electrons. The molecule has 0 spiro atoms. The van der Waals surface area contributed by atoms with Crippen LogP contribution >= 0.6 is 0 Å². The van der Waals surface area contributed by atoms with Gasteiger partial charge in [-0.05, 0) is 68.0 Å². The molecular weight excluding hydrogens is 582 g/mol. The van der Waals surface area contributed by atoms with Gasteiger partial charge in [-0.3, -0.25) is 29.5 Å².